The molecule has 6 nitrogen and oxygen atoms in total. The van der Waals surface area contributed by atoms with Gasteiger partial charge in [0, 0.05) is 41.8 Å². The summed E-state index contributed by atoms with van der Waals surface area (Å²) in [6.07, 6.45) is 0.953. The van der Waals surface area contributed by atoms with Gasteiger partial charge in [-0.25, -0.2) is 13.2 Å². The average Bonchev–Trinajstić information content (AvgIpc) is 2.56. The van der Waals surface area contributed by atoms with Crippen LogP contribution in [0, 0.1) is 0 Å². The predicted octanol–water partition coefficient (Wildman–Crippen LogP) is 4.15. The van der Waals surface area contributed by atoms with E-state index < -0.39 is 21.7 Å². The Labute approximate surface area is 171 Å². The molecule has 0 saturated carbocycles. The van der Waals surface area contributed by atoms with Gasteiger partial charge < -0.3 is 9.64 Å². The fourth-order valence-electron chi connectivity index (χ4n) is 2.93. The van der Waals surface area contributed by atoms with Crippen molar-refractivity contribution in [1.82, 2.24) is 9.21 Å². The lowest BCUT2D eigenvalue weighted by Gasteiger charge is -2.37. The molecule has 1 aliphatic rings. The molecule has 2 rings (SSSR count). The number of likely N-dealkylation sites (N-methyl/N-ethyl adjacent to an activating group) is 1. The lowest BCUT2D eigenvalue weighted by atomic mass is 10.1. The van der Waals surface area contributed by atoms with Crippen molar-refractivity contribution in [3.05, 3.63) is 33.8 Å². The summed E-state index contributed by atoms with van der Waals surface area (Å²) in [6.45, 7) is 6.25. The Balaban J connectivity index is 2.11. The monoisotopic (exact) mass is 436 g/mol. The predicted molar refractivity (Wildman–Crippen MR) is 108 cm³/mol. The molecule has 152 valence electrons. The number of carbonyl (C=O) groups excluding carboxylic acids is 1. The van der Waals surface area contributed by atoms with Crippen LogP contribution in [0.5, 0.6) is 0 Å². The smallest absolute Gasteiger partial charge is 0.410 e. The summed E-state index contributed by atoms with van der Waals surface area (Å²) in [4.78, 5) is 13.9. The van der Waals surface area contributed by atoms with Gasteiger partial charge >= 0.3 is 6.09 Å². The molecule has 0 N–H and O–H groups in total. The summed E-state index contributed by atoms with van der Waals surface area (Å²) in [5.41, 5.74) is -0.212. The van der Waals surface area contributed by atoms with Gasteiger partial charge in [0.1, 0.15) is 5.60 Å². The Morgan fingerprint density at radius 3 is 2.44 bits per heavy atom. The molecule has 0 bridgehead atoms. The molecule has 1 aliphatic heterocycles. The van der Waals surface area contributed by atoms with Crippen molar-refractivity contribution in [2.45, 2.75) is 51.0 Å². The number of rotatable bonds is 4. The number of sulfonamides is 1. The highest BCUT2D eigenvalue weighted by Crippen LogP contribution is 2.28. The lowest BCUT2D eigenvalue weighted by molar-refractivity contribution is 0.0163. The van der Waals surface area contributed by atoms with E-state index in [1.54, 1.807) is 43.9 Å². The highest BCUT2D eigenvalue weighted by atomic mass is 35.5. The minimum atomic E-state index is -3.66. The molecule has 0 aromatic heterocycles. The number of hydrogen-bond acceptors (Lipinski definition) is 4. The number of likely N-dealkylation sites (tertiary alicyclic amines) is 1. The fraction of sp³-hybridized carbons (Fsp3) is 0.611. The third kappa shape index (κ3) is 5.98. The SMILES string of the molecule is CN([C@@H]1CCCN(C(=O)OC(C)(C)C)C1)S(=O)(=O)Cc1c(Cl)cccc1Cl. The van der Waals surface area contributed by atoms with Crippen LogP contribution in [-0.2, 0) is 20.5 Å². The van der Waals surface area contributed by atoms with Crippen molar-refractivity contribution in [3.63, 3.8) is 0 Å². The van der Waals surface area contributed by atoms with E-state index in [1.165, 1.54) is 11.4 Å². The molecule has 27 heavy (non-hydrogen) atoms. The van der Waals surface area contributed by atoms with Gasteiger partial charge in [0.25, 0.3) is 0 Å². The maximum Gasteiger partial charge on any atom is 0.410 e. The van der Waals surface area contributed by atoms with Crippen LogP contribution in [0.1, 0.15) is 39.2 Å². The normalized spacial score (nSPS) is 18.6. The Bertz CT molecular complexity index is 773. The first-order valence-electron chi connectivity index (χ1n) is 8.77. The van der Waals surface area contributed by atoms with Crippen LogP contribution in [-0.4, -0.2) is 55.5 Å². The summed E-state index contributed by atoms with van der Waals surface area (Å²) in [5, 5.41) is 0.636. The van der Waals surface area contributed by atoms with Crippen LogP contribution in [0.2, 0.25) is 10.0 Å². The van der Waals surface area contributed by atoms with E-state index in [0.29, 0.717) is 41.5 Å². The van der Waals surface area contributed by atoms with Crippen molar-refractivity contribution < 1.29 is 17.9 Å². The zero-order valence-corrected chi connectivity index (χ0v) is 18.4. The van der Waals surface area contributed by atoms with E-state index in [2.05, 4.69) is 0 Å². The fourth-order valence-corrected chi connectivity index (χ4v) is 5.12. The number of benzene rings is 1. The highest BCUT2D eigenvalue weighted by molar-refractivity contribution is 7.88. The molecule has 1 fully saturated rings. The van der Waals surface area contributed by atoms with Crippen molar-refractivity contribution in [2.75, 3.05) is 20.1 Å². The zero-order chi connectivity index (χ0) is 20.4. The maximum atomic E-state index is 12.9. The summed E-state index contributed by atoms with van der Waals surface area (Å²) in [7, 11) is -2.13. The number of hydrogen-bond donors (Lipinski definition) is 0. The molecule has 0 spiro atoms. The molecule has 1 heterocycles. The number of carbonyl (C=O) groups is 1. The topological polar surface area (TPSA) is 66.9 Å². The van der Waals surface area contributed by atoms with Gasteiger partial charge in [-0.15, -0.1) is 0 Å². The Hall–Kier alpha value is -1.02. The van der Waals surface area contributed by atoms with E-state index in [1.807, 2.05) is 0 Å². The third-order valence-corrected chi connectivity index (χ3v) is 6.93. The van der Waals surface area contributed by atoms with Crippen LogP contribution < -0.4 is 0 Å². The molecule has 0 radical (unpaired) electrons. The Morgan fingerprint density at radius 2 is 1.89 bits per heavy atom. The van der Waals surface area contributed by atoms with Crippen molar-refractivity contribution >= 4 is 39.3 Å². The summed E-state index contributed by atoms with van der Waals surface area (Å²) < 4.78 is 32.5. The number of halogens is 2. The van der Waals surface area contributed by atoms with Gasteiger partial charge in [0.15, 0.2) is 0 Å². The van der Waals surface area contributed by atoms with E-state index in [0.717, 1.165) is 0 Å². The van der Waals surface area contributed by atoms with Crippen LogP contribution in [0.15, 0.2) is 18.2 Å². The van der Waals surface area contributed by atoms with E-state index >= 15 is 0 Å². The van der Waals surface area contributed by atoms with Gasteiger partial charge in [0.05, 0.1) is 5.75 Å². The van der Waals surface area contributed by atoms with Crippen LogP contribution in [0.3, 0.4) is 0 Å². The van der Waals surface area contributed by atoms with Gasteiger partial charge in [-0.2, -0.15) is 4.31 Å². The standard InChI is InChI=1S/C18H26Cl2N2O4S/c1-18(2,3)26-17(23)22-10-6-7-13(11-22)21(4)27(24,25)12-14-15(19)8-5-9-16(14)20/h5,8-9,13H,6-7,10-12H2,1-4H3/t13-/m1/s1. The van der Waals surface area contributed by atoms with E-state index in [-0.39, 0.29) is 11.8 Å². The number of nitrogens with zero attached hydrogens (tertiary/aromatic N) is 2. The summed E-state index contributed by atoms with van der Waals surface area (Å²) >= 11 is 12.2. The van der Waals surface area contributed by atoms with Crippen molar-refractivity contribution in [3.8, 4) is 0 Å². The minimum Gasteiger partial charge on any atom is -0.444 e. The average molecular weight is 437 g/mol. The second kappa shape index (κ2) is 8.55. The minimum absolute atomic E-state index is 0.287. The van der Waals surface area contributed by atoms with Crippen molar-refractivity contribution in [1.29, 1.82) is 0 Å². The number of amides is 1. The largest absolute Gasteiger partial charge is 0.444 e. The number of ether oxygens (including phenoxy) is 1. The summed E-state index contributed by atoms with van der Waals surface area (Å²) in [6, 6.07) is 4.58. The first-order valence-corrected chi connectivity index (χ1v) is 11.1. The molecular formula is C18H26Cl2N2O4S. The van der Waals surface area contributed by atoms with E-state index in [4.69, 9.17) is 27.9 Å². The lowest BCUT2D eigenvalue weighted by Crippen LogP contribution is -2.51. The molecule has 9 heteroatoms. The van der Waals surface area contributed by atoms with Crippen LogP contribution in [0.25, 0.3) is 0 Å². The van der Waals surface area contributed by atoms with Gasteiger partial charge in [-0.05, 0) is 45.7 Å². The third-order valence-electron chi connectivity index (χ3n) is 4.39. The molecule has 1 aromatic carbocycles. The number of piperidine rings is 1. The Morgan fingerprint density at radius 1 is 1.30 bits per heavy atom. The zero-order valence-electron chi connectivity index (χ0n) is 16.0. The van der Waals surface area contributed by atoms with E-state index in [9.17, 15) is 13.2 Å². The first kappa shape index (κ1) is 22.3. The molecule has 1 atom stereocenters. The molecule has 1 amide bonds. The Kier molecular flexibility index (Phi) is 7.06. The molecule has 1 aromatic rings. The van der Waals surface area contributed by atoms with Gasteiger partial charge in [0.2, 0.25) is 10.0 Å². The van der Waals surface area contributed by atoms with Crippen molar-refractivity contribution in [2.24, 2.45) is 0 Å². The highest BCUT2D eigenvalue weighted by Gasteiger charge is 2.34. The quantitative estimate of drug-likeness (QED) is 0.710. The van der Waals surface area contributed by atoms with Crippen LogP contribution in [0.4, 0.5) is 4.79 Å². The van der Waals surface area contributed by atoms with Crippen LogP contribution >= 0.6 is 23.2 Å². The molecule has 0 aliphatic carbocycles. The maximum absolute atomic E-state index is 12.9. The molecule has 1 saturated heterocycles. The molecule has 0 unspecified atom stereocenters. The first-order chi connectivity index (χ1) is 12.4. The molecular weight excluding hydrogens is 411 g/mol. The van der Waals surface area contributed by atoms with Gasteiger partial charge in [-0.3, -0.25) is 0 Å². The second-order valence-corrected chi connectivity index (χ2v) is 10.5. The second-order valence-electron chi connectivity index (χ2n) is 7.70. The van der Waals surface area contributed by atoms with Gasteiger partial charge in [-0.1, -0.05) is 29.3 Å². The summed E-state index contributed by atoms with van der Waals surface area (Å²) in [5.74, 6) is -0.287.